The molecule has 0 unspecified atom stereocenters. The monoisotopic (exact) mass is 282 g/mol. The largest absolute Gasteiger partial charge is 0.301 e. The first kappa shape index (κ1) is 12.7. The Morgan fingerprint density at radius 1 is 1.33 bits per heavy atom. The zero-order chi connectivity index (χ0) is 13.1. The van der Waals surface area contributed by atoms with Crippen LogP contribution in [0.25, 0.3) is 0 Å². The highest BCUT2D eigenvalue weighted by Gasteiger charge is 2.17. The Hall–Kier alpha value is -1.73. The molecule has 0 aliphatic heterocycles. The average Bonchev–Trinajstić information content (AvgIpc) is 2.32. The molecule has 0 atom stereocenters. The van der Waals surface area contributed by atoms with Gasteiger partial charge in [-0.05, 0) is 30.3 Å². The van der Waals surface area contributed by atoms with Gasteiger partial charge >= 0.3 is 5.69 Å². The maximum absolute atomic E-state index is 10.8. The molecule has 0 amide bonds. The van der Waals surface area contributed by atoms with Crippen LogP contribution >= 0.6 is 23.4 Å². The van der Waals surface area contributed by atoms with Gasteiger partial charge in [0.05, 0.1) is 4.92 Å². The summed E-state index contributed by atoms with van der Waals surface area (Å²) in [6.45, 7) is 1.86. The van der Waals surface area contributed by atoms with Crippen molar-refractivity contribution in [3.8, 4) is 0 Å². The van der Waals surface area contributed by atoms with E-state index >= 15 is 0 Å². The van der Waals surface area contributed by atoms with Gasteiger partial charge in [0, 0.05) is 18.5 Å². The summed E-state index contributed by atoms with van der Waals surface area (Å²) in [5, 5.41) is 11.6. The fourth-order valence-electron chi connectivity index (χ4n) is 1.14. The van der Waals surface area contributed by atoms with E-state index in [9.17, 15) is 10.1 Å². The third kappa shape index (κ3) is 2.93. The minimum Gasteiger partial charge on any atom is -0.258 e. The van der Waals surface area contributed by atoms with Gasteiger partial charge in [0.1, 0.15) is 5.15 Å². The first-order chi connectivity index (χ1) is 8.56. The predicted octanol–water partition coefficient (Wildman–Crippen LogP) is 2.89. The van der Waals surface area contributed by atoms with Crippen molar-refractivity contribution in [1.29, 1.82) is 0 Å². The number of aryl methyl sites for hydroxylation is 1. The second-order valence-corrected chi connectivity index (χ2v) is 4.70. The molecule has 18 heavy (non-hydrogen) atoms. The van der Waals surface area contributed by atoms with Crippen molar-refractivity contribution in [2.24, 2.45) is 0 Å². The van der Waals surface area contributed by atoms with Gasteiger partial charge in [0.2, 0.25) is 0 Å². The van der Waals surface area contributed by atoms with E-state index in [1.165, 1.54) is 12.1 Å². The molecule has 0 saturated carbocycles. The van der Waals surface area contributed by atoms with Crippen LogP contribution in [0.15, 0.2) is 34.7 Å². The number of nitrogens with zero attached hydrogens (tertiary/aromatic N) is 4. The normalized spacial score (nSPS) is 10.3. The van der Waals surface area contributed by atoms with Gasteiger partial charge in [-0.25, -0.2) is 15.0 Å². The van der Waals surface area contributed by atoms with E-state index in [1.54, 1.807) is 12.4 Å². The van der Waals surface area contributed by atoms with E-state index in [1.807, 2.05) is 6.92 Å². The average molecular weight is 283 g/mol. The second-order valence-electron chi connectivity index (χ2n) is 3.36. The molecular weight excluding hydrogens is 276 g/mol. The van der Waals surface area contributed by atoms with E-state index in [-0.39, 0.29) is 15.9 Å². The van der Waals surface area contributed by atoms with Crippen LogP contribution in [-0.4, -0.2) is 19.9 Å². The highest BCUT2D eigenvalue weighted by atomic mass is 35.5. The summed E-state index contributed by atoms with van der Waals surface area (Å²) in [6.07, 6.45) is 3.26. The molecule has 0 N–H and O–H groups in total. The summed E-state index contributed by atoms with van der Waals surface area (Å²) >= 11 is 6.73. The number of halogens is 1. The molecule has 0 aromatic carbocycles. The zero-order valence-corrected chi connectivity index (χ0v) is 10.8. The van der Waals surface area contributed by atoms with E-state index in [0.717, 1.165) is 17.3 Å². The molecule has 6 nitrogen and oxygen atoms in total. The number of rotatable bonds is 3. The second kappa shape index (κ2) is 5.28. The van der Waals surface area contributed by atoms with Crippen LogP contribution in [0.4, 0.5) is 5.69 Å². The quantitative estimate of drug-likeness (QED) is 0.373. The van der Waals surface area contributed by atoms with Crippen molar-refractivity contribution < 1.29 is 4.92 Å². The first-order valence-electron chi connectivity index (χ1n) is 4.83. The van der Waals surface area contributed by atoms with Crippen molar-refractivity contribution in [3.05, 3.63) is 45.4 Å². The minimum atomic E-state index is -0.514. The van der Waals surface area contributed by atoms with Crippen molar-refractivity contribution in [3.63, 3.8) is 0 Å². The lowest BCUT2D eigenvalue weighted by Crippen LogP contribution is -1.95. The Labute approximate surface area is 112 Å². The SMILES string of the molecule is Cc1cnc(Sc2nc(Cl)ccc2[N+](=O)[O-])nc1. The summed E-state index contributed by atoms with van der Waals surface area (Å²) in [4.78, 5) is 22.4. The van der Waals surface area contributed by atoms with Crippen molar-refractivity contribution in [2.75, 3.05) is 0 Å². The number of nitro groups is 1. The summed E-state index contributed by atoms with van der Waals surface area (Å²) in [5.74, 6) is 0. The van der Waals surface area contributed by atoms with Crippen LogP contribution in [0.2, 0.25) is 5.15 Å². The summed E-state index contributed by atoms with van der Waals surface area (Å²) in [7, 11) is 0. The van der Waals surface area contributed by atoms with Gasteiger partial charge in [-0.15, -0.1) is 0 Å². The van der Waals surface area contributed by atoms with Crippen molar-refractivity contribution in [1.82, 2.24) is 15.0 Å². The summed E-state index contributed by atoms with van der Waals surface area (Å²) in [6, 6.07) is 2.69. The molecule has 2 aromatic heterocycles. The first-order valence-corrected chi connectivity index (χ1v) is 6.03. The van der Waals surface area contributed by atoms with Gasteiger partial charge < -0.3 is 0 Å². The molecule has 0 aliphatic carbocycles. The van der Waals surface area contributed by atoms with Crippen LogP contribution in [0.1, 0.15) is 5.56 Å². The number of hydrogen-bond acceptors (Lipinski definition) is 6. The maximum atomic E-state index is 10.8. The lowest BCUT2D eigenvalue weighted by Gasteiger charge is -2.01. The van der Waals surface area contributed by atoms with Gasteiger partial charge in [0.15, 0.2) is 10.2 Å². The maximum Gasteiger partial charge on any atom is 0.301 e. The predicted molar refractivity (Wildman–Crippen MR) is 66.8 cm³/mol. The molecular formula is C10H7ClN4O2S. The Bertz CT molecular complexity index is 591. The molecule has 0 fully saturated rings. The number of hydrogen-bond donors (Lipinski definition) is 0. The Balaban J connectivity index is 2.35. The van der Waals surface area contributed by atoms with Crippen LogP contribution < -0.4 is 0 Å². The Morgan fingerprint density at radius 3 is 2.61 bits per heavy atom. The molecule has 2 rings (SSSR count). The third-order valence-electron chi connectivity index (χ3n) is 1.95. The Kier molecular flexibility index (Phi) is 3.73. The highest BCUT2D eigenvalue weighted by molar-refractivity contribution is 7.99. The lowest BCUT2D eigenvalue weighted by atomic mass is 10.4. The summed E-state index contributed by atoms with van der Waals surface area (Å²) in [5.41, 5.74) is 0.793. The fourth-order valence-corrected chi connectivity index (χ4v) is 2.12. The molecule has 0 radical (unpaired) electrons. The molecule has 0 bridgehead atoms. The number of pyridine rings is 1. The van der Waals surface area contributed by atoms with Crippen LogP contribution in [-0.2, 0) is 0 Å². The van der Waals surface area contributed by atoms with E-state index in [0.29, 0.717) is 5.16 Å². The van der Waals surface area contributed by atoms with Gasteiger partial charge in [-0.1, -0.05) is 11.6 Å². The molecule has 0 spiro atoms. The number of aromatic nitrogens is 3. The van der Waals surface area contributed by atoms with Crippen molar-refractivity contribution >= 4 is 29.1 Å². The van der Waals surface area contributed by atoms with Crippen LogP contribution in [0.3, 0.4) is 0 Å². The highest BCUT2D eigenvalue weighted by Crippen LogP contribution is 2.31. The van der Waals surface area contributed by atoms with Gasteiger partial charge in [-0.2, -0.15) is 0 Å². The van der Waals surface area contributed by atoms with E-state index in [4.69, 9.17) is 11.6 Å². The molecule has 0 saturated heterocycles. The van der Waals surface area contributed by atoms with Crippen LogP contribution in [0.5, 0.6) is 0 Å². The van der Waals surface area contributed by atoms with Crippen LogP contribution in [0, 0.1) is 17.0 Å². The smallest absolute Gasteiger partial charge is 0.258 e. The fraction of sp³-hybridized carbons (Fsp3) is 0.100. The van der Waals surface area contributed by atoms with Crippen molar-refractivity contribution in [2.45, 2.75) is 17.1 Å². The summed E-state index contributed by atoms with van der Waals surface area (Å²) < 4.78 is 0. The molecule has 8 heteroatoms. The molecule has 0 aliphatic rings. The van der Waals surface area contributed by atoms with Gasteiger partial charge in [-0.3, -0.25) is 10.1 Å². The standard InChI is InChI=1S/C10H7ClN4O2S/c1-6-4-12-10(13-5-6)18-9-7(15(16)17)2-3-8(11)14-9/h2-5H,1H3. The minimum absolute atomic E-state index is 0.117. The van der Waals surface area contributed by atoms with E-state index < -0.39 is 4.92 Å². The lowest BCUT2D eigenvalue weighted by molar-refractivity contribution is -0.388. The Morgan fingerprint density at radius 2 is 2.00 bits per heavy atom. The third-order valence-corrected chi connectivity index (χ3v) is 3.05. The molecule has 2 aromatic rings. The molecule has 2 heterocycles. The topological polar surface area (TPSA) is 81.8 Å². The van der Waals surface area contributed by atoms with E-state index in [2.05, 4.69) is 15.0 Å². The molecule has 92 valence electrons. The zero-order valence-electron chi connectivity index (χ0n) is 9.20. The van der Waals surface area contributed by atoms with Gasteiger partial charge in [0.25, 0.3) is 0 Å².